The van der Waals surface area contributed by atoms with E-state index in [4.69, 9.17) is 5.11 Å². The van der Waals surface area contributed by atoms with Crippen molar-refractivity contribution < 1.29 is 9.90 Å². The van der Waals surface area contributed by atoms with Crippen molar-refractivity contribution in [3.63, 3.8) is 0 Å². The molecule has 2 N–H and O–H groups in total. The number of hydrogen-bond acceptors (Lipinski definition) is 5. The Kier molecular flexibility index (Phi) is 4.09. The molecule has 0 spiro atoms. The van der Waals surface area contributed by atoms with Crippen molar-refractivity contribution in [1.29, 1.82) is 0 Å². The number of piperidine rings is 1. The molecule has 0 atom stereocenters. The molecule has 6 nitrogen and oxygen atoms in total. The molecular weight excluding hydrogens is 232 g/mol. The molecule has 1 aliphatic heterocycles. The zero-order chi connectivity index (χ0) is 13.0. The van der Waals surface area contributed by atoms with Crippen LogP contribution >= 0.6 is 0 Å². The van der Waals surface area contributed by atoms with Gasteiger partial charge in [0.15, 0.2) is 0 Å². The number of likely N-dealkylation sites (tertiary alicyclic amines) is 1. The maximum Gasteiger partial charge on any atom is 0.248 e. The van der Waals surface area contributed by atoms with Crippen LogP contribution in [0.2, 0.25) is 0 Å². The molecule has 1 aliphatic rings. The molecule has 2 rings (SSSR count). The molecule has 1 aromatic heterocycles. The van der Waals surface area contributed by atoms with E-state index in [9.17, 15) is 4.79 Å². The number of aliphatic hydroxyl groups excluding tert-OH is 1. The summed E-state index contributed by atoms with van der Waals surface area (Å²) in [4.78, 5) is 21.7. The van der Waals surface area contributed by atoms with Gasteiger partial charge in [-0.05, 0) is 12.8 Å². The average Bonchev–Trinajstić information content (AvgIpc) is 2.46. The normalized spacial score (nSPS) is 16.7. The molecular formula is C12H18N4O2. The second-order valence-electron chi connectivity index (χ2n) is 4.39. The van der Waals surface area contributed by atoms with Crippen LogP contribution in [0.15, 0.2) is 12.4 Å². The van der Waals surface area contributed by atoms with Crippen LogP contribution in [0.3, 0.4) is 0 Å². The van der Waals surface area contributed by atoms with Crippen LogP contribution in [0.1, 0.15) is 24.5 Å². The summed E-state index contributed by atoms with van der Waals surface area (Å²) in [7, 11) is 1.82. The van der Waals surface area contributed by atoms with Gasteiger partial charge in [-0.1, -0.05) is 0 Å². The zero-order valence-corrected chi connectivity index (χ0v) is 10.5. The van der Waals surface area contributed by atoms with Gasteiger partial charge >= 0.3 is 0 Å². The van der Waals surface area contributed by atoms with Gasteiger partial charge in [0.1, 0.15) is 12.4 Å². The van der Waals surface area contributed by atoms with E-state index in [0.29, 0.717) is 19.0 Å². The smallest absolute Gasteiger partial charge is 0.248 e. The summed E-state index contributed by atoms with van der Waals surface area (Å²) < 4.78 is 0. The number of rotatable bonds is 3. The van der Waals surface area contributed by atoms with Crippen molar-refractivity contribution in [2.75, 3.05) is 32.1 Å². The third kappa shape index (κ3) is 2.76. The molecule has 0 radical (unpaired) electrons. The second kappa shape index (κ2) is 5.77. The summed E-state index contributed by atoms with van der Waals surface area (Å²) in [5.41, 5.74) is 0.970. The lowest BCUT2D eigenvalue weighted by Crippen LogP contribution is -2.39. The Labute approximate surface area is 106 Å². The highest BCUT2D eigenvalue weighted by molar-refractivity contribution is 5.77. The minimum Gasteiger partial charge on any atom is -0.387 e. The van der Waals surface area contributed by atoms with E-state index in [1.807, 2.05) is 7.05 Å². The van der Waals surface area contributed by atoms with Crippen molar-refractivity contribution in [2.45, 2.75) is 18.8 Å². The summed E-state index contributed by atoms with van der Waals surface area (Å²) in [5, 5.41) is 11.8. The maximum atomic E-state index is 11.3. The molecule has 1 fully saturated rings. The molecule has 1 aromatic rings. The first-order chi connectivity index (χ1) is 8.74. The molecule has 0 bridgehead atoms. The molecule has 0 unspecified atom stereocenters. The molecule has 1 amide bonds. The molecule has 18 heavy (non-hydrogen) atoms. The van der Waals surface area contributed by atoms with E-state index in [-0.39, 0.29) is 5.91 Å². The highest BCUT2D eigenvalue weighted by atomic mass is 16.3. The predicted octanol–water partition coefficient (Wildman–Crippen LogP) is 0.217. The van der Waals surface area contributed by atoms with Crippen molar-refractivity contribution in [1.82, 2.24) is 14.9 Å². The lowest BCUT2D eigenvalue weighted by atomic mass is 9.94. The number of nitrogens with one attached hydrogen (secondary N) is 1. The van der Waals surface area contributed by atoms with Gasteiger partial charge in [0.05, 0.1) is 11.9 Å². The van der Waals surface area contributed by atoms with Crippen LogP contribution < -0.4 is 5.32 Å². The second-order valence-corrected chi connectivity index (χ2v) is 4.39. The molecule has 0 aromatic carbocycles. The van der Waals surface area contributed by atoms with Gasteiger partial charge in [-0.3, -0.25) is 9.78 Å². The largest absolute Gasteiger partial charge is 0.387 e. The van der Waals surface area contributed by atoms with Crippen molar-refractivity contribution >= 4 is 11.7 Å². The molecule has 2 heterocycles. The molecule has 0 aliphatic carbocycles. The SMILES string of the molecule is CNc1cncc(C2CCN(C(=O)CO)CC2)n1. The Morgan fingerprint density at radius 2 is 2.22 bits per heavy atom. The highest BCUT2D eigenvalue weighted by Gasteiger charge is 2.24. The minimum atomic E-state index is -0.403. The van der Waals surface area contributed by atoms with E-state index in [2.05, 4.69) is 15.3 Å². The van der Waals surface area contributed by atoms with Gasteiger partial charge < -0.3 is 15.3 Å². The zero-order valence-electron chi connectivity index (χ0n) is 10.5. The first-order valence-electron chi connectivity index (χ1n) is 6.13. The number of hydrogen-bond donors (Lipinski definition) is 2. The minimum absolute atomic E-state index is 0.191. The van der Waals surface area contributed by atoms with E-state index < -0.39 is 6.61 Å². The number of carbonyl (C=O) groups excluding carboxylic acids is 1. The van der Waals surface area contributed by atoms with E-state index in [1.165, 1.54) is 0 Å². The summed E-state index contributed by atoms with van der Waals surface area (Å²) in [6.07, 6.45) is 5.21. The van der Waals surface area contributed by atoms with Crippen LogP contribution in [-0.2, 0) is 4.79 Å². The van der Waals surface area contributed by atoms with Gasteiger partial charge in [0.2, 0.25) is 5.91 Å². The number of nitrogens with zero attached hydrogens (tertiary/aromatic N) is 3. The van der Waals surface area contributed by atoms with Crippen molar-refractivity contribution in [2.24, 2.45) is 0 Å². The van der Waals surface area contributed by atoms with Gasteiger partial charge in [-0.25, -0.2) is 4.98 Å². The monoisotopic (exact) mass is 250 g/mol. The summed E-state index contributed by atoms with van der Waals surface area (Å²) >= 11 is 0. The van der Waals surface area contributed by atoms with Crippen molar-refractivity contribution in [3.8, 4) is 0 Å². The number of carbonyl (C=O) groups is 1. The lowest BCUT2D eigenvalue weighted by Gasteiger charge is -2.31. The van der Waals surface area contributed by atoms with Gasteiger partial charge in [0.25, 0.3) is 0 Å². The van der Waals surface area contributed by atoms with Crippen LogP contribution in [0.4, 0.5) is 5.82 Å². The van der Waals surface area contributed by atoms with Crippen LogP contribution in [0.5, 0.6) is 0 Å². The topological polar surface area (TPSA) is 78.4 Å². The average molecular weight is 250 g/mol. The third-order valence-electron chi connectivity index (χ3n) is 3.31. The van der Waals surface area contributed by atoms with E-state index in [1.54, 1.807) is 17.3 Å². The van der Waals surface area contributed by atoms with E-state index >= 15 is 0 Å². The fraction of sp³-hybridized carbons (Fsp3) is 0.583. The summed E-state index contributed by atoms with van der Waals surface area (Å²) in [5.74, 6) is 0.915. The number of aliphatic hydroxyl groups is 1. The quantitative estimate of drug-likeness (QED) is 0.802. The van der Waals surface area contributed by atoms with Crippen LogP contribution in [0.25, 0.3) is 0 Å². The third-order valence-corrected chi connectivity index (χ3v) is 3.31. The molecule has 0 saturated carbocycles. The Balaban J connectivity index is 1.98. The van der Waals surface area contributed by atoms with Crippen molar-refractivity contribution in [3.05, 3.63) is 18.1 Å². The standard InChI is InChI=1S/C12H18N4O2/c1-13-11-7-14-6-10(15-11)9-2-4-16(5-3-9)12(18)8-17/h6-7,9,17H,2-5,8H2,1H3,(H,13,15). The van der Waals surface area contributed by atoms with Crippen LogP contribution in [-0.4, -0.2) is 52.6 Å². The molecule has 6 heteroatoms. The molecule has 98 valence electrons. The number of anilines is 1. The predicted molar refractivity (Wildman–Crippen MR) is 67.2 cm³/mol. The summed E-state index contributed by atoms with van der Waals surface area (Å²) in [6.45, 7) is 0.949. The van der Waals surface area contributed by atoms with Gasteiger partial charge in [-0.2, -0.15) is 0 Å². The van der Waals surface area contributed by atoms with Gasteiger partial charge in [0, 0.05) is 32.3 Å². The first kappa shape index (κ1) is 12.8. The number of amides is 1. The fourth-order valence-corrected chi connectivity index (χ4v) is 2.22. The Hall–Kier alpha value is -1.69. The fourth-order valence-electron chi connectivity index (χ4n) is 2.22. The Morgan fingerprint density at radius 3 is 2.83 bits per heavy atom. The molecule has 1 saturated heterocycles. The maximum absolute atomic E-state index is 11.3. The lowest BCUT2D eigenvalue weighted by molar-refractivity contribution is -0.135. The number of aromatic nitrogens is 2. The highest BCUT2D eigenvalue weighted by Crippen LogP contribution is 2.26. The Bertz CT molecular complexity index is 416. The summed E-state index contributed by atoms with van der Waals surface area (Å²) in [6, 6.07) is 0. The van der Waals surface area contributed by atoms with E-state index in [0.717, 1.165) is 24.4 Å². The van der Waals surface area contributed by atoms with Gasteiger partial charge in [-0.15, -0.1) is 0 Å². The first-order valence-corrected chi connectivity index (χ1v) is 6.13. The van der Waals surface area contributed by atoms with Crippen LogP contribution in [0, 0.1) is 0 Å². The Morgan fingerprint density at radius 1 is 1.50 bits per heavy atom.